The van der Waals surface area contributed by atoms with Gasteiger partial charge in [-0.15, -0.1) is 0 Å². The molecular weight excluding hydrogens is 293 g/mol. The van der Waals surface area contributed by atoms with Gasteiger partial charge in [-0.2, -0.15) is 0 Å². The van der Waals surface area contributed by atoms with Crippen LogP contribution in [-0.4, -0.2) is 17.1 Å². The quantitative estimate of drug-likeness (QED) is 0.860. The van der Waals surface area contributed by atoms with Crippen molar-refractivity contribution < 1.29 is 14.3 Å². The van der Waals surface area contributed by atoms with Crippen molar-refractivity contribution >= 4 is 5.91 Å². The predicted molar refractivity (Wildman–Crippen MR) is 88.5 cm³/mol. The van der Waals surface area contributed by atoms with E-state index in [4.69, 9.17) is 0 Å². The molecule has 0 fully saturated rings. The van der Waals surface area contributed by atoms with Gasteiger partial charge in [-0.05, 0) is 42.2 Å². The van der Waals surface area contributed by atoms with Gasteiger partial charge in [0.2, 0.25) is 5.91 Å². The molecule has 2 aromatic carbocycles. The smallest absolute Gasteiger partial charge is 0.224 e. The Balaban J connectivity index is 1.91. The van der Waals surface area contributed by atoms with Crippen LogP contribution in [0.15, 0.2) is 48.5 Å². The standard InChI is InChI=1S/C19H22FNO2/c1-3-14-4-6-15(7-5-14)12-18(22)21-13(2)19(23)16-8-10-17(20)11-9-16/h4-11,13,19,23H,3,12H2,1-2H3,(H,21,22). The van der Waals surface area contributed by atoms with Crippen LogP contribution >= 0.6 is 0 Å². The van der Waals surface area contributed by atoms with E-state index in [2.05, 4.69) is 12.2 Å². The molecule has 2 atom stereocenters. The van der Waals surface area contributed by atoms with E-state index in [1.807, 2.05) is 24.3 Å². The third-order valence-electron chi connectivity index (χ3n) is 3.87. The summed E-state index contributed by atoms with van der Waals surface area (Å²) in [5.41, 5.74) is 2.74. The van der Waals surface area contributed by atoms with E-state index >= 15 is 0 Å². The molecule has 0 bridgehead atoms. The number of aliphatic hydroxyl groups excluding tert-OH is 1. The Morgan fingerprint density at radius 1 is 1.09 bits per heavy atom. The number of carbonyl (C=O) groups is 1. The molecule has 0 aliphatic heterocycles. The number of benzene rings is 2. The first-order chi connectivity index (χ1) is 11.0. The fourth-order valence-corrected chi connectivity index (χ4v) is 2.41. The van der Waals surface area contributed by atoms with Gasteiger partial charge in [-0.25, -0.2) is 4.39 Å². The maximum atomic E-state index is 12.9. The summed E-state index contributed by atoms with van der Waals surface area (Å²) >= 11 is 0. The van der Waals surface area contributed by atoms with Crippen molar-refractivity contribution in [1.82, 2.24) is 5.32 Å². The van der Waals surface area contributed by atoms with Crippen LogP contribution in [0.1, 0.15) is 36.6 Å². The molecule has 122 valence electrons. The largest absolute Gasteiger partial charge is 0.386 e. The van der Waals surface area contributed by atoms with Gasteiger partial charge in [-0.1, -0.05) is 43.3 Å². The van der Waals surface area contributed by atoms with Gasteiger partial charge in [0, 0.05) is 0 Å². The second-order valence-electron chi connectivity index (χ2n) is 5.70. The van der Waals surface area contributed by atoms with Crippen molar-refractivity contribution in [2.75, 3.05) is 0 Å². The average molecular weight is 315 g/mol. The predicted octanol–water partition coefficient (Wildman–Crippen LogP) is 3.17. The molecule has 23 heavy (non-hydrogen) atoms. The monoisotopic (exact) mass is 315 g/mol. The van der Waals surface area contributed by atoms with Gasteiger partial charge < -0.3 is 10.4 Å². The molecule has 3 nitrogen and oxygen atoms in total. The van der Waals surface area contributed by atoms with E-state index in [-0.39, 0.29) is 18.1 Å². The Bertz CT molecular complexity index is 637. The average Bonchev–Trinajstić information content (AvgIpc) is 2.55. The summed E-state index contributed by atoms with van der Waals surface area (Å²) in [5.74, 6) is -0.504. The van der Waals surface area contributed by atoms with Crippen LogP contribution < -0.4 is 5.32 Å². The van der Waals surface area contributed by atoms with Crippen LogP contribution in [0, 0.1) is 5.82 Å². The van der Waals surface area contributed by atoms with E-state index < -0.39 is 12.1 Å². The molecule has 0 radical (unpaired) electrons. The van der Waals surface area contributed by atoms with Gasteiger partial charge >= 0.3 is 0 Å². The van der Waals surface area contributed by atoms with Gasteiger partial charge in [0.15, 0.2) is 0 Å². The topological polar surface area (TPSA) is 49.3 Å². The van der Waals surface area contributed by atoms with Crippen molar-refractivity contribution in [1.29, 1.82) is 0 Å². The summed E-state index contributed by atoms with van der Waals surface area (Å²) < 4.78 is 12.9. The Kier molecular flexibility index (Phi) is 5.88. The number of amides is 1. The molecule has 0 saturated carbocycles. The van der Waals surface area contributed by atoms with Gasteiger partial charge in [0.05, 0.1) is 18.6 Å². The van der Waals surface area contributed by atoms with E-state index in [1.54, 1.807) is 6.92 Å². The molecule has 0 aliphatic rings. The summed E-state index contributed by atoms with van der Waals surface area (Å²) in [6.45, 7) is 3.81. The lowest BCUT2D eigenvalue weighted by Gasteiger charge is -2.20. The molecule has 2 unspecified atom stereocenters. The van der Waals surface area contributed by atoms with Crippen LogP contribution in [0.25, 0.3) is 0 Å². The fourth-order valence-electron chi connectivity index (χ4n) is 2.41. The third-order valence-corrected chi connectivity index (χ3v) is 3.87. The van der Waals surface area contributed by atoms with E-state index in [1.165, 1.54) is 29.8 Å². The zero-order chi connectivity index (χ0) is 16.8. The number of aryl methyl sites for hydroxylation is 1. The van der Waals surface area contributed by atoms with Crippen LogP contribution in [0.4, 0.5) is 4.39 Å². The Morgan fingerprint density at radius 3 is 2.22 bits per heavy atom. The van der Waals surface area contributed by atoms with Crippen LogP contribution in [0.5, 0.6) is 0 Å². The number of carbonyl (C=O) groups excluding carboxylic acids is 1. The van der Waals surface area contributed by atoms with Gasteiger partial charge in [0.1, 0.15) is 5.82 Å². The Labute approximate surface area is 136 Å². The Hall–Kier alpha value is -2.20. The normalized spacial score (nSPS) is 13.4. The first kappa shape index (κ1) is 17.2. The SMILES string of the molecule is CCc1ccc(CC(=O)NC(C)C(O)c2ccc(F)cc2)cc1. The second kappa shape index (κ2) is 7.88. The van der Waals surface area contributed by atoms with Crippen molar-refractivity contribution in [3.8, 4) is 0 Å². The lowest BCUT2D eigenvalue weighted by Crippen LogP contribution is -2.37. The molecule has 2 aromatic rings. The molecule has 0 aromatic heterocycles. The first-order valence-corrected chi connectivity index (χ1v) is 7.80. The minimum Gasteiger partial charge on any atom is -0.386 e. The highest BCUT2D eigenvalue weighted by atomic mass is 19.1. The van der Waals surface area contributed by atoms with Crippen molar-refractivity contribution in [3.63, 3.8) is 0 Å². The second-order valence-corrected chi connectivity index (χ2v) is 5.70. The molecule has 0 spiro atoms. The molecule has 0 heterocycles. The van der Waals surface area contributed by atoms with Crippen LogP contribution in [-0.2, 0) is 17.6 Å². The van der Waals surface area contributed by atoms with E-state index in [0.29, 0.717) is 5.56 Å². The number of rotatable bonds is 6. The van der Waals surface area contributed by atoms with Crippen molar-refractivity contribution in [2.45, 2.75) is 38.8 Å². The zero-order valence-corrected chi connectivity index (χ0v) is 13.4. The number of hydrogen-bond donors (Lipinski definition) is 2. The lowest BCUT2D eigenvalue weighted by molar-refractivity contribution is -0.121. The van der Waals surface area contributed by atoms with Crippen LogP contribution in [0.3, 0.4) is 0 Å². The maximum absolute atomic E-state index is 12.9. The van der Waals surface area contributed by atoms with Crippen molar-refractivity contribution in [3.05, 3.63) is 71.0 Å². The Morgan fingerprint density at radius 2 is 1.65 bits per heavy atom. The highest BCUT2D eigenvalue weighted by Gasteiger charge is 2.18. The maximum Gasteiger partial charge on any atom is 0.224 e. The number of halogens is 1. The summed E-state index contributed by atoms with van der Waals surface area (Å²) in [6, 6.07) is 13.1. The summed E-state index contributed by atoms with van der Waals surface area (Å²) in [6.07, 6.45) is 0.361. The number of nitrogens with one attached hydrogen (secondary N) is 1. The number of aliphatic hydroxyl groups is 1. The number of hydrogen-bond acceptors (Lipinski definition) is 2. The van der Waals surface area contributed by atoms with E-state index in [0.717, 1.165) is 12.0 Å². The minimum atomic E-state index is -0.873. The molecule has 0 aliphatic carbocycles. The zero-order valence-electron chi connectivity index (χ0n) is 13.4. The summed E-state index contributed by atoms with van der Waals surface area (Å²) in [7, 11) is 0. The van der Waals surface area contributed by atoms with Gasteiger partial charge in [0.25, 0.3) is 0 Å². The molecule has 4 heteroatoms. The lowest BCUT2D eigenvalue weighted by atomic mass is 10.0. The van der Waals surface area contributed by atoms with Gasteiger partial charge in [-0.3, -0.25) is 4.79 Å². The van der Waals surface area contributed by atoms with E-state index in [9.17, 15) is 14.3 Å². The molecule has 1 amide bonds. The highest BCUT2D eigenvalue weighted by molar-refractivity contribution is 5.78. The first-order valence-electron chi connectivity index (χ1n) is 7.80. The third kappa shape index (κ3) is 4.89. The fraction of sp³-hybridized carbons (Fsp3) is 0.316. The summed E-state index contributed by atoms with van der Waals surface area (Å²) in [5, 5.41) is 13.0. The molecule has 2 N–H and O–H groups in total. The molecule has 0 saturated heterocycles. The summed E-state index contributed by atoms with van der Waals surface area (Å²) in [4.78, 5) is 12.1. The molecular formula is C19H22FNO2. The highest BCUT2D eigenvalue weighted by Crippen LogP contribution is 2.17. The van der Waals surface area contributed by atoms with Crippen LogP contribution in [0.2, 0.25) is 0 Å². The minimum absolute atomic E-state index is 0.150. The van der Waals surface area contributed by atoms with Crippen molar-refractivity contribution in [2.24, 2.45) is 0 Å². The molecule has 2 rings (SSSR count).